The number of benzene rings is 1. The number of rotatable bonds is 1. The Morgan fingerprint density at radius 1 is 1.00 bits per heavy atom. The first-order valence-electron chi connectivity index (χ1n) is 7.08. The number of para-hydroxylation sites is 1. The Labute approximate surface area is 116 Å². The molecule has 0 atom stereocenters. The largest absolute Gasteiger partial charge is 0.370 e. The Balaban J connectivity index is 2.01. The van der Waals surface area contributed by atoms with Gasteiger partial charge in [0.1, 0.15) is 0 Å². The van der Waals surface area contributed by atoms with Crippen molar-refractivity contribution in [2.24, 2.45) is 5.41 Å². The van der Waals surface area contributed by atoms with Gasteiger partial charge >= 0.3 is 0 Å². The summed E-state index contributed by atoms with van der Waals surface area (Å²) in [6.45, 7) is 9.63. The quantitative estimate of drug-likeness (QED) is 0.775. The molecule has 0 saturated carbocycles. The van der Waals surface area contributed by atoms with Crippen LogP contribution in [-0.4, -0.2) is 37.0 Å². The molecule has 1 fully saturated rings. The lowest BCUT2D eigenvalue weighted by Crippen LogP contribution is -2.41. The van der Waals surface area contributed by atoms with Gasteiger partial charge in [0.2, 0.25) is 5.91 Å². The topological polar surface area (TPSA) is 23.6 Å². The molecule has 1 saturated heterocycles. The Kier molecular flexibility index (Phi) is 4.13. The summed E-state index contributed by atoms with van der Waals surface area (Å²) in [5, 5.41) is 0. The zero-order valence-electron chi connectivity index (χ0n) is 12.2. The number of hydrogen-bond donors (Lipinski definition) is 0. The zero-order chi connectivity index (χ0) is 13.9. The highest BCUT2D eigenvalue weighted by Crippen LogP contribution is 2.20. The molecule has 1 aromatic carbocycles. The number of nitrogens with zero attached hydrogens (tertiary/aromatic N) is 2. The van der Waals surface area contributed by atoms with Crippen LogP contribution in [0, 0.1) is 5.41 Å². The molecule has 1 aliphatic rings. The van der Waals surface area contributed by atoms with E-state index in [9.17, 15) is 4.79 Å². The molecule has 1 aliphatic heterocycles. The van der Waals surface area contributed by atoms with Crippen LogP contribution in [0.25, 0.3) is 0 Å². The summed E-state index contributed by atoms with van der Waals surface area (Å²) in [4.78, 5) is 16.7. The standard InChI is InChI=1S/C16H24N2O/c1-16(2,3)15(19)18-11-7-10-17(12-13-18)14-8-5-4-6-9-14/h4-6,8-9H,7,10-13H2,1-3H3. The van der Waals surface area contributed by atoms with Crippen molar-refractivity contribution in [3.8, 4) is 0 Å². The first kappa shape index (κ1) is 13.9. The van der Waals surface area contributed by atoms with E-state index in [4.69, 9.17) is 0 Å². The van der Waals surface area contributed by atoms with Crippen LogP contribution >= 0.6 is 0 Å². The van der Waals surface area contributed by atoms with Crippen molar-refractivity contribution in [1.29, 1.82) is 0 Å². The summed E-state index contributed by atoms with van der Waals surface area (Å²) < 4.78 is 0. The molecule has 1 amide bonds. The highest BCUT2D eigenvalue weighted by molar-refractivity contribution is 5.81. The molecule has 0 aromatic heterocycles. The van der Waals surface area contributed by atoms with Crippen LogP contribution in [0.5, 0.6) is 0 Å². The smallest absolute Gasteiger partial charge is 0.228 e. The van der Waals surface area contributed by atoms with Gasteiger partial charge in [-0.3, -0.25) is 4.79 Å². The van der Waals surface area contributed by atoms with Crippen LogP contribution in [0.4, 0.5) is 5.69 Å². The molecule has 0 radical (unpaired) electrons. The van der Waals surface area contributed by atoms with E-state index in [2.05, 4.69) is 29.2 Å². The van der Waals surface area contributed by atoms with Gasteiger partial charge < -0.3 is 9.80 Å². The molecule has 0 spiro atoms. The van der Waals surface area contributed by atoms with Gasteiger partial charge in [-0.15, -0.1) is 0 Å². The summed E-state index contributed by atoms with van der Waals surface area (Å²) in [6.07, 6.45) is 1.04. The maximum Gasteiger partial charge on any atom is 0.228 e. The maximum atomic E-state index is 12.3. The summed E-state index contributed by atoms with van der Waals surface area (Å²) in [5.74, 6) is 0.266. The van der Waals surface area contributed by atoms with Gasteiger partial charge in [0.05, 0.1) is 0 Å². The van der Waals surface area contributed by atoms with E-state index in [1.165, 1.54) is 5.69 Å². The van der Waals surface area contributed by atoms with Gasteiger partial charge in [0.15, 0.2) is 0 Å². The van der Waals surface area contributed by atoms with Crippen molar-refractivity contribution in [3.63, 3.8) is 0 Å². The molecule has 19 heavy (non-hydrogen) atoms. The van der Waals surface area contributed by atoms with E-state index in [0.29, 0.717) is 0 Å². The van der Waals surface area contributed by atoms with Gasteiger partial charge in [0, 0.05) is 37.3 Å². The zero-order valence-corrected chi connectivity index (χ0v) is 12.2. The van der Waals surface area contributed by atoms with E-state index in [-0.39, 0.29) is 11.3 Å². The fraction of sp³-hybridized carbons (Fsp3) is 0.562. The molecule has 0 aliphatic carbocycles. The first-order valence-corrected chi connectivity index (χ1v) is 7.08. The van der Waals surface area contributed by atoms with Crippen LogP contribution < -0.4 is 4.90 Å². The van der Waals surface area contributed by atoms with E-state index >= 15 is 0 Å². The summed E-state index contributed by atoms with van der Waals surface area (Å²) >= 11 is 0. The minimum Gasteiger partial charge on any atom is -0.370 e. The average molecular weight is 260 g/mol. The Morgan fingerprint density at radius 3 is 2.32 bits per heavy atom. The van der Waals surface area contributed by atoms with Crippen LogP contribution in [0.2, 0.25) is 0 Å². The van der Waals surface area contributed by atoms with Crippen LogP contribution in [0.15, 0.2) is 30.3 Å². The number of anilines is 1. The van der Waals surface area contributed by atoms with E-state index in [1.54, 1.807) is 0 Å². The average Bonchev–Trinajstić information content (AvgIpc) is 2.63. The van der Waals surface area contributed by atoms with Crippen molar-refractivity contribution in [2.75, 3.05) is 31.1 Å². The van der Waals surface area contributed by atoms with Crippen LogP contribution in [0.1, 0.15) is 27.2 Å². The lowest BCUT2D eigenvalue weighted by atomic mass is 9.94. The lowest BCUT2D eigenvalue weighted by molar-refractivity contribution is -0.139. The minimum atomic E-state index is -0.276. The normalized spacial score (nSPS) is 17.2. The molecule has 2 rings (SSSR count). The summed E-state index contributed by atoms with van der Waals surface area (Å²) in [5.41, 5.74) is 0.981. The molecular weight excluding hydrogens is 236 g/mol. The highest BCUT2D eigenvalue weighted by Gasteiger charge is 2.28. The van der Waals surface area contributed by atoms with Crippen LogP contribution in [-0.2, 0) is 4.79 Å². The van der Waals surface area contributed by atoms with Crippen LogP contribution in [0.3, 0.4) is 0 Å². The van der Waals surface area contributed by atoms with E-state index < -0.39 is 0 Å². The third-order valence-corrected chi connectivity index (χ3v) is 3.55. The van der Waals surface area contributed by atoms with Crippen molar-refractivity contribution >= 4 is 11.6 Å². The Morgan fingerprint density at radius 2 is 1.68 bits per heavy atom. The molecule has 3 heteroatoms. The summed E-state index contributed by atoms with van der Waals surface area (Å²) in [7, 11) is 0. The molecule has 0 N–H and O–H groups in total. The molecule has 0 unspecified atom stereocenters. The second-order valence-electron chi connectivity index (χ2n) is 6.22. The minimum absolute atomic E-state index is 0.266. The fourth-order valence-electron chi connectivity index (χ4n) is 2.49. The summed E-state index contributed by atoms with van der Waals surface area (Å²) in [6, 6.07) is 10.5. The van der Waals surface area contributed by atoms with Crippen molar-refractivity contribution in [1.82, 2.24) is 4.90 Å². The van der Waals surface area contributed by atoms with Gasteiger partial charge in [-0.2, -0.15) is 0 Å². The van der Waals surface area contributed by atoms with E-state index in [0.717, 1.165) is 32.6 Å². The van der Waals surface area contributed by atoms with Crippen molar-refractivity contribution < 1.29 is 4.79 Å². The third-order valence-electron chi connectivity index (χ3n) is 3.55. The Bertz CT molecular complexity index is 422. The second-order valence-corrected chi connectivity index (χ2v) is 6.22. The van der Waals surface area contributed by atoms with Gasteiger partial charge in [-0.1, -0.05) is 39.0 Å². The predicted octanol–water partition coefficient (Wildman–Crippen LogP) is 2.77. The van der Waals surface area contributed by atoms with Gasteiger partial charge in [0.25, 0.3) is 0 Å². The lowest BCUT2D eigenvalue weighted by Gasteiger charge is -2.28. The van der Waals surface area contributed by atoms with Gasteiger partial charge in [-0.25, -0.2) is 0 Å². The predicted molar refractivity (Wildman–Crippen MR) is 79.3 cm³/mol. The SMILES string of the molecule is CC(C)(C)C(=O)N1CCCN(c2ccccc2)CC1. The van der Waals surface area contributed by atoms with Crippen molar-refractivity contribution in [3.05, 3.63) is 30.3 Å². The highest BCUT2D eigenvalue weighted by atomic mass is 16.2. The number of amides is 1. The molecule has 104 valence electrons. The number of hydrogen-bond acceptors (Lipinski definition) is 2. The molecule has 1 heterocycles. The second kappa shape index (κ2) is 5.64. The van der Waals surface area contributed by atoms with E-state index in [1.807, 2.05) is 31.7 Å². The first-order chi connectivity index (χ1) is 8.98. The number of carbonyl (C=O) groups excluding carboxylic acids is 1. The third kappa shape index (κ3) is 3.49. The fourth-order valence-corrected chi connectivity index (χ4v) is 2.49. The number of carbonyl (C=O) groups is 1. The monoisotopic (exact) mass is 260 g/mol. The molecule has 1 aromatic rings. The Hall–Kier alpha value is -1.51. The molecule has 3 nitrogen and oxygen atoms in total. The van der Waals surface area contributed by atoms with Crippen molar-refractivity contribution in [2.45, 2.75) is 27.2 Å². The molecular formula is C16H24N2O. The van der Waals surface area contributed by atoms with Gasteiger partial charge in [-0.05, 0) is 18.6 Å². The maximum absolute atomic E-state index is 12.3. The molecule has 0 bridgehead atoms.